The van der Waals surface area contributed by atoms with E-state index in [-0.39, 0.29) is 11.8 Å². The van der Waals surface area contributed by atoms with E-state index in [0.29, 0.717) is 55.3 Å². The van der Waals surface area contributed by atoms with Gasteiger partial charge >= 0.3 is 0 Å². The van der Waals surface area contributed by atoms with E-state index in [0.717, 1.165) is 18.4 Å². The summed E-state index contributed by atoms with van der Waals surface area (Å²) in [4.78, 5) is 30.4. The first-order valence-corrected chi connectivity index (χ1v) is 11.3. The highest BCUT2D eigenvalue weighted by atomic mass is 16.5. The fourth-order valence-corrected chi connectivity index (χ4v) is 3.69. The minimum absolute atomic E-state index is 0.0949. The third-order valence-corrected chi connectivity index (χ3v) is 6.53. The Balaban J connectivity index is 1.47. The first-order valence-electron chi connectivity index (χ1n) is 11.3. The minimum Gasteiger partial charge on any atom is -0.477 e. The van der Waals surface area contributed by atoms with Gasteiger partial charge in [-0.25, -0.2) is 4.98 Å². The van der Waals surface area contributed by atoms with Crippen LogP contribution in [0.5, 0.6) is 5.88 Å². The van der Waals surface area contributed by atoms with E-state index in [2.05, 4.69) is 15.6 Å². The van der Waals surface area contributed by atoms with Gasteiger partial charge in [-0.3, -0.25) is 9.59 Å². The maximum absolute atomic E-state index is 13.0. The molecule has 0 radical (unpaired) electrons. The maximum atomic E-state index is 13.0. The minimum atomic E-state index is -0.905. The lowest BCUT2D eigenvalue weighted by Crippen LogP contribution is -2.58. The van der Waals surface area contributed by atoms with Gasteiger partial charge in [0.05, 0.1) is 6.61 Å². The molecule has 0 spiro atoms. The molecule has 2 amide bonds. The van der Waals surface area contributed by atoms with Gasteiger partial charge in [0.1, 0.15) is 11.2 Å². The number of hydrogen-bond donors (Lipinski definition) is 2. The van der Waals surface area contributed by atoms with Gasteiger partial charge in [-0.2, -0.15) is 0 Å². The molecule has 0 aromatic carbocycles. The summed E-state index contributed by atoms with van der Waals surface area (Å²) in [6, 6.07) is 3.75. The molecule has 158 valence electrons. The molecule has 1 heterocycles. The molecule has 2 N–H and O–H groups in total. The standard InChI is InChI=1S/C23H33N3O3/c1-3-23(4-2,22(28)24-13-15-5-6-15)26-20(27)19-12-11-18(17-9-10-17)21(25-19)29-14-16-7-8-16/h11-12,15-17H,3-10,13-14H2,1-2H3,(H,24,28)(H,26,27). The first kappa shape index (κ1) is 20.2. The lowest BCUT2D eigenvalue weighted by molar-refractivity contribution is -0.127. The summed E-state index contributed by atoms with van der Waals surface area (Å²) < 4.78 is 5.98. The molecule has 3 aliphatic carbocycles. The summed E-state index contributed by atoms with van der Waals surface area (Å²) >= 11 is 0. The summed E-state index contributed by atoms with van der Waals surface area (Å²) in [5, 5.41) is 6.02. The number of ether oxygens (including phenoxy) is 1. The average Bonchev–Trinajstić information content (AvgIpc) is 3.58. The number of pyridine rings is 1. The Kier molecular flexibility index (Phi) is 5.79. The summed E-state index contributed by atoms with van der Waals surface area (Å²) in [5.41, 5.74) is 0.529. The van der Waals surface area contributed by atoms with Crippen molar-refractivity contribution >= 4 is 11.8 Å². The zero-order chi connectivity index (χ0) is 20.4. The molecule has 6 nitrogen and oxygen atoms in total. The number of hydrogen-bond acceptors (Lipinski definition) is 4. The van der Waals surface area contributed by atoms with Gasteiger partial charge in [0, 0.05) is 12.1 Å². The molecule has 0 saturated heterocycles. The molecule has 29 heavy (non-hydrogen) atoms. The van der Waals surface area contributed by atoms with Crippen LogP contribution in [-0.4, -0.2) is 35.5 Å². The number of carbonyl (C=O) groups is 2. The summed E-state index contributed by atoms with van der Waals surface area (Å²) in [6.45, 7) is 5.25. The van der Waals surface area contributed by atoms with Crippen molar-refractivity contribution in [1.29, 1.82) is 0 Å². The summed E-state index contributed by atoms with van der Waals surface area (Å²) in [6.07, 6.45) is 8.17. The van der Waals surface area contributed by atoms with Crippen LogP contribution in [0.2, 0.25) is 0 Å². The van der Waals surface area contributed by atoms with Crippen molar-refractivity contribution in [2.24, 2.45) is 11.8 Å². The second kappa shape index (κ2) is 8.33. The van der Waals surface area contributed by atoms with Crippen molar-refractivity contribution in [2.45, 2.75) is 76.7 Å². The van der Waals surface area contributed by atoms with Gasteiger partial charge in [-0.15, -0.1) is 0 Å². The van der Waals surface area contributed by atoms with Crippen molar-refractivity contribution in [3.8, 4) is 5.88 Å². The van der Waals surface area contributed by atoms with Crippen LogP contribution < -0.4 is 15.4 Å². The van der Waals surface area contributed by atoms with Crippen LogP contribution in [-0.2, 0) is 4.79 Å². The Labute approximate surface area is 173 Å². The Bertz CT molecular complexity index is 763. The second-order valence-corrected chi connectivity index (χ2v) is 9.02. The van der Waals surface area contributed by atoms with Gasteiger partial charge in [0.2, 0.25) is 11.8 Å². The maximum Gasteiger partial charge on any atom is 0.270 e. The van der Waals surface area contributed by atoms with Crippen LogP contribution in [0.25, 0.3) is 0 Å². The highest BCUT2D eigenvalue weighted by Crippen LogP contribution is 2.44. The monoisotopic (exact) mass is 399 g/mol. The van der Waals surface area contributed by atoms with Crippen LogP contribution in [0.1, 0.15) is 87.2 Å². The summed E-state index contributed by atoms with van der Waals surface area (Å²) in [5.74, 6) is 1.93. The molecule has 3 fully saturated rings. The number of rotatable bonds is 11. The molecule has 0 bridgehead atoms. The van der Waals surface area contributed by atoms with E-state index < -0.39 is 5.54 Å². The molecular formula is C23H33N3O3. The molecule has 6 heteroatoms. The number of nitrogens with one attached hydrogen (secondary N) is 2. The third-order valence-electron chi connectivity index (χ3n) is 6.53. The molecule has 1 aromatic rings. The van der Waals surface area contributed by atoms with E-state index in [9.17, 15) is 9.59 Å². The molecule has 0 atom stereocenters. The lowest BCUT2D eigenvalue weighted by Gasteiger charge is -2.31. The topological polar surface area (TPSA) is 80.3 Å². The molecule has 1 aromatic heterocycles. The van der Waals surface area contributed by atoms with Gasteiger partial charge in [0.15, 0.2) is 0 Å². The molecule has 3 aliphatic rings. The van der Waals surface area contributed by atoms with Crippen molar-refractivity contribution in [2.75, 3.05) is 13.2 Å². The number of aromatic nitrogens is 1. The van der Waals surface area contributed by atoms with E-state index in [1.165, 1.54) is 25.7 Å². The number of nitrogens with zero attached hydrogens (tertiary/aromatic N) is 1. The third kappa shape index (κ3) is 4.90. The summed E-state index contributed by atoms with van der Waals surface area (Å²) in [7, 11) is 0. The fraction of sp³-hybridized carbons (Fsp3) is 0.696. The highest BCUT2D eigenvalue weighted by molar-refractivity contribution is 5.98. The van der Waals surface area contributed by atoms with Crippen LogP contribution >= 0.6 is 0 Å². The lowest BCUT2D eigenvalue weighted by atomic mass is 9.91. The number of carbonyl (C=O) groups excluding carboxylic acids is 2. The van der Waals surface area contributed by atoms with Crippen LogP contribution in [0, 0.1) is 11.8 Å². The smallest absolute Gasteiger partial charge is 0.270 e. The van der Waals surface area contributed by atoms with E-state index in [1.54, 1.807) is 6.07 Å². The largest absolute Gasteiger partial charge is 0.477 e. The quantitative estimate of drug-likeness (QED) is 0.596. The Hall–Kier alpha value is -2.11. The van der Waals surface area contributed by atoms with Gasteiger partial charge in [-0.05, 0) is 75.2 Å². The molecular weight excluding hydrogens is 366 g/mol. The fourth-order valence-electron chi connectivity index (χ4n) is 3.69. The van der Waals surface area contributed by atoms with E-state index in [4.69, 9.17) is 4.74 Å². The molecule has 4 rings (SSSR count). The van der Waals surface area contributed by atoms with Crippen molar-refractivity contribution in [3.63, 3.8) is 0 Å². The predicted octanol–water partition coefficient (Wildman–Crippen LogP) is 3.56. The molecule has 0 aliphatic heterocycles. The van der Waals surface area contributed by atoms with E-state index in [1.807, 2.05) is 19.9 Å². The SMILES string of the molecule is CCC(CC)(NC(=O)c1ccc(C2CC2)c(OCC2CC2)n1)C(=O)NCC1CC1. The van der Waals surface area contributed by atoms with Gasteiger partial charge < -0.3 is 15.4 Å². The number of amides is 2. The van der Waals surface area contributed by atoms with E-state index >= 15 is 0 Å². The molecule has 3 saturated carbocycles. The van der Waals surface area contributed by atoms with Gasteiger partial charge in [-0.1, -0.05) is 19.9 Å². The van der Waals surface area contributed by atoms with Crippen LogP contribution in [0.15, 0.2) is 12.1 Å². The Morgan fingerprint density at radius 2 is 1.76 bits per heavy atom. The van der Waals surface area contributed by atoms with Crippen molar-refractivity contribution in [1.82, 2.24) is 15.6 Å². The van der Waals surface area contributed by atoms with Crippen molar-refractivity contribution < 1.29 is 14.3 Å². The van der Waals surface area contributed by atoms with Crippen LogP contribution in [0.4, 0.5) is 0 Å². The highest BCUT2D eigenvalue weighted by Gasteiger charge is 2.38. The normalized spacial score (nSPS) is 19.0. The molecule has 0 unspecified atom stereocenters. The predicted molar refractivity (Wildman–Crippen MR) is 111 cm³/mol. The Morgan fingerprint density at radius 3 is 2.34 bits per heavy atom. The zero-order valence-electron chi connectivity index (χ0n) is 17.6. The van der Waals surface area contributed by atoms with Crippen LogP contribution in [0.3, 0.4) is 0 Å². The van der Waals surface area contributed by atoms with Gasteiger partial charge in [0.25, 0.3) is 5.91 Å². The second-order valence-electron chi connectivity index (χ2n) is 9.02. The van der Waals surface area contributed by atoms with Crippen molar-refractivity contribution in [3.05, 3.63) is 23.4 Å². The zero-order valence-corrected chi connectivity index (χ0v) is 17.6. The Morgan fingerprint density at radius 1 is 1.07 bits per heavy atom. The average molecular weight is 400 g/mol. The first-order chi connectivity index (χ1) is 14.0.